The number of amides is 1. The van der Waals surface area contributed by atoms with Crippen molar-refractivity contribution in [2.75, 3.05) is 26.9 Å². The maximum Gasteiger partial charge on any atom is 0.230 e. The van der Waals surface area contributed by atoms with Crippen LogP contribution in [0.2, 0.25) is 0 Å². The lowest BCUT2D eigenvalue weighted by atomic mass is 9.73. The van der Waals surface area contributed by atoms with Gasteiger partial charge in [-0.1, -0.05) is 12.1 Å². The van der Waals surface area contributed by atoms with Gasteiger partial charge in [-0.25, -0.2) is 0 Å². The number of hydrogen-bond donors (Lipinski definition) is 1. The van der Waals surface area contributed by atoms with E-state index in [0.29, 0.717) is 39.1 Å². The van der Waals surface area contributed by atoms with Crippen molar-refractivity contribution in [2.45, 2.75) is 24.8 Å². The Morgan fingerprint density at radius 3 is 2.71 bits per heavy atom. The maximum atomic E-state index is 13.0. The number of ether oxygens (including phenoxy) is 2. The van der Waals surface area contributed by atoms with E-state index in [9.17, 15) is 4.79 Å². The molecule has 1 aliphatic rings. The molecule has 24 heavy (non-hydrogen) atoms. The number of benzene rings is 1. The highest BCUT2D eigenvalue weighted by Crippen LogP contribution is 2.36. The Hall–Kier alpha value is -2.34. The van der Waals surface area contributed by atoms with Crippen molar-refractivity contribution in [1.29, 1.82) is 0 Å². The molecule has 1 aromatic heterocycles. The molecule has 3 rings (SSSR count). The van der Waals surface area contributed by atoms with E-state index in [-0.39, 0.29) is 5.91 Å². The summed E-state index contributed by atoms with van der Waals surface area (Å²) in [4.78, 5) is 13.0. The van der Waals surface area contributed by atoms with Crippen LogP contribution in [0.4, 0.5) is 0 Å². The Morgan fingerprint density at radius 1 is 1.33 bits per heavy atom. The lowest BCUT2D eigenvalue weighted by Gasteiger charge is -2.36. The standard InChI is InChI=1S/C18H23N3O3/c1-23-16-5-3-15(4-6-16)18(7-13-24-14-8-18)17(22)19-10-12-21-11-2-9-20-21/h2-6,9,11H,7-8,10,12-14H2,1H3,(H,19,22). The van der Waals surface area contributed by atoms with E-state index in [1.165, 1.54) is 0 Å². The first kappa shape index (κ1) is 16.5. The van der Waals surface area contributed by atoms with Crippen LogP contribution in [0.5, 0.6) is 5.75 Å². The summed E-state index contributed by atoms with van der Waals surface area (Å²) in [6.45, 7) is 2.41. The largest absolute Gasteiger partial charge is 0.497 e. The first-order valence-electron chi connectivity index (χ1n) is 8.23. The molecule has 0 unspecified atom stereocenters. The molecule has 2 heterocycles. The minimum absolute atomic E-state index is 0.0584. The van der Waals surface area contributed by atoms with E-state index < -0.39 is 5.41 Å². The Balaban J connectivity index is 1.72. The molecule has 1 aromatic carbocycles. The van der Waals surface area contributed by atoms with Crippen LogP contribution in [0.15, 0.2) is 42.7 Å². The average Bonchev–Trinajstić information content (AvgIpc) is 3.16. The summed E-state index contributed by atoms with van der Waals surface area (Å²) < 4.78 is 12.5. The molecule has 1 saturated heterocycles. The fourth-order valence-electron chi connectivity index (χ4n) is 3.16. The fraction of sp³-hybridized carbons (Fsp3) is 0.444. The quantitative estimate of drug-likeness (QED) is 0.877. The van der Waals surface area contributed by atoms with Crippen molar-refractivity contribution >= 4 is 5.91 Å². The van der Waals surface area contributed by atoms with Crippen molar-refractivity contribution in [3.63, 3.8) is 0 Å². The predicted octanol–water partition coefficient (Wildman–Crippen LogP) is 1.76. The summed E-state index contributed by atoms with van der Waals surface area (Å²) in [5.74, 6) is 0.850. The highest BCUT2D eigenvalue weighted by Gasteiger charge is 2.41. The monoisotopic (exact) mass is 329 g/mol. The van der Waals surface area contributed by atoms with Gasteiger partial charge in [-0.15, -0.1) is 0 Å². The van der Waals surface area contributed by atoms with Crippen molar-refractivity contribution in [1.82, 2.24) is 15.1 Å². The van der Waals surface area contributed by atoms with Crippen LogP contribution >= 0.6 is 0 Å². The van der Waals surface area contributed by atoms with E-state index in [0.717, 1.165) is 11.3 Å². The van der Waals surface area contributed by atoms with E-state index in [1.54, 1.807) is 13.3 Å². The van der Waals surface area contributed by atoms with Gasteiger partial charge in [0, 0.05) is 32.2 Å². The maximum absolute atomic E-state index is 13.0. The number of nitrogens with one attached hydrogen (secondary N) is 1. The van der Waals surface area contributed by atoms with Gasteiger partial charge in [0.1, 0.15) is 5.75 Å². The molecular formula is C18H23N3O3. The summed E-state index contributed by atoms with van der Waals surface area (Å²) in [7, 11) is 1.64. The number of rotatable bonds is 6. The summed E-state index contributed by atoms with van der Waals surface area (Å²) >= 11 is 0. The SMILES string of the molecule is COc1ccc(C2(C(=O)NCCn3cccn3)CCOCC2)cc1. The van der Waals surface area contributed by atoms with Crippen LogP contribution < -0.4 is 10.1 Å². The molecule has 1 fully saturated rings. The predicted molar refractivity (Wildman–Crippen MR) is 90.0 cm³/mol. The van der Waals surface area contributed by atoms with Crippen molar-refractivity contribution in [2.24, 2.45) is 0 Å². The molecule has 6 nitrogen and oxygen atoms in total. The molecule has 1 N–H and O–H groups in total. The third kappa shape index (κ3) is 3.43. The number of carbonyl (C=O) groups is 1. The Morgan fingerprint density at radius 2 is 2.08 bits per heavy atom. The normalized spacial score (nSPS) is 16.5. The Labute approximate surface area is 141 Å². The second kappa shape index (κ2) is 7.49. The van der Waals surface area contributed by atoms with Gasteiger partial charge < -0.3 is 14.8 Å². The molecule has 6 heteroatoms. The third-order valence-corrected chi connectivity index (χ3v) is 4.61. The lowest BCUT2D eigenvalue weighted by molar-refractivity contribution is -0.130. The van der Waals surface area contributed by atoms with Crippen LogP contribution in [0.1, 0.15) is 18.4 Å². The number of hydrogen-bond acceptors (Lipinski definition) is 4. The highest BCUT2D eigenvalue weighted by atomic mass is 16.5. The van der Waals surface area contributed by atoms with Gasteiger partial charge in [-0.3, -0.25) is 9.48 Å². The topological polar surface area (TPSA) is 65.4 Å². The molecule has 2 aromatic rings. The Bertz CT molecular complexity index is 647. The number of methoxy groups -OCH3 is 1. The lowest BCUT2D eigenvalue weighted by Crippen LogP contribution is -2.48. The fourth-order valence-corrected chi connectivity index (χ4v) is 3.16. The summed E-state index contributed by atoms with van der Waals surface area (Å²) in [6, 6.07) is 9.65. The van der Waals surface area contributed by atoms with Crippen LogP contribution in [-0.2, 0) is 21.5 Å². The molecule has 128 valence electrons. The molecule has 1 aliphatic heterocycles. The highest BCUT2D eigenvalue weighted by molar-refractivity contribution is 5.88. The average molecular weight is 329 g/mol. The molecule has 1 amide bonds. The van der Waals surface area contributed by atoms with Crippen molar-refractivity contribution < 1.29 is 14.3 Å². The first-order valence-corrected chi connectivity index (χ1v) is 8.23. The van der Waals surface area contributed by atoms with Crippen molar-refractivity contribution in [3.05, 3.63) is 48.3 Å². The van der Waals surface area contributed by atoms with Crippen molar-refractivity contribution in [3.8, 4) is 5.75 Å². The first-order chi connectivity index (χ1) is 11.7. The van der Waals surface area contributed by atoms with Gasteiger partial charge in [0.05, 0.1) is 19.1 Å². The van der Waals surface area contributed by atoms with Gasteiger partial charge in [-0.05, 0) is 36.6 Å². The van der Waals surface area contributed by atoms with Gasteiger partial charge in [-0.2, -0.15) is 5.10 Å². The summed E-state index contributed by atoms with van der Waals surface area (Å²) in [5, 5.41) is 7.22. The minimum atomic E-state index is -0.533. The van der Waals surface area contributed by atoms with Crippen LogP contribution in [0.3, 0.4) is 0 Å². The Kier molecular flexibility index (Phi) is 5.15. The van der Waals surface area contributed by atoms with E-state index in [4.69, 9.17) is 9.47 Å². The third-order valence-electron chi connectivity index (χ3n) is 4.61. The zero-order valence-corrected chi connectivity index (χ0v) is 13.9. The molecule has 0 atom stereocenters. The zero-order valence-electron chi connectivity index (χ0n) is 13.9. The zero-order chi connectivity index (χ0) is 16.8. The van der Waals surface area contributed by atoms with Crippen LogP contribution in [0, 0.1) is 0 Å². The van der Waals surface area contributed by atoms with Crippen LogP contribution in [-0.4, -0.2) is 42.6 Å². The van der Waals surface area contributed by atoms with Gasteiger partial charge >= 0.3 is 0 Å². The second-order valence-corrected chi connectivity index (χ2v) is 5.95. The molecule has 0 bridgehead atoms. The molecule has 0 saturated carbocycles. The van der Waals surface area contributed by atoms with Gasteiger partial charge in [0.15, 0.2) is 0 Å². The van der Waals surface area contributed by atoms with Crippen LogP contribution in [0.25, 0.3) is 0 Å². The van der Waals surface area contributed by atoms with E-state index in [2.05, 4.69) is 10.4 Å². The number of aromatic nitrogens is 2. The summed E-state index contributed by atoms with van der Waals surface area (Å²) in [6.07, 6.45) is 5.00. The molecule has 0 radical (unpaired) electrons. The molecule has 0 aliphatic carbocycles. The van der Waals surface area contributed by atoms with Gasteiger partial charge in [0.25, 0.3) is 0 Å². The van der Waals surface area contributed by atoms with Gasteiger partial charge in [0.2, 0.25) is 5.91 Å². The minimum Gasteiger partial charge on any atom is -0.497 e. The molecular weight excluding hydrogens is 306 g/mol. The molecule has 0 spiro atoms. The number of carbonyl (C=O) groups excluding carboxylic acids is 1. The number of nitrogens with zero attached hydrogens (tertiary/aromatic N) is 2. The van der Waals surface area contributed by atoms with E-state index >= 15 is 0 Å². The smallest absolute Gasteiger partial charge is 0.230 e. The van der Waals surface area contributed by atoms with E-state index in [1.807, 2.05) is 41.2 Å². The second-order valence-electron chi connectivity index (χ2n) is 5.95. The summed E-state index contributed by atoms with van der Waals surface area (Å²) in [5.41, 5.74) is 0.484.